The molecule has 0 saturated carbocycles. The Morgan fingerprint density at radius 1 is 0.381 bits per heavy atom. The van der Waals surface area contributed by atoms with Crippen LogP contribution in [0.3, 0.4) is 0 Å². The third kappa shape index (κ3) is 4.11. The van der Waals surface area contributed by atoms with Gasteiger partial charge in [-0.05, 0) is 45.8 Å². The number of rotatable bonds is 4. The van der Waals surface area contributed by atoms with Crippen molar-refractivity contribution in [1.82, 2.24) is 15.0 Å². The van der Waals surface area contributed by atoms with Crippen molar-refractivity contribution in [1.29, 1.82) is 0 Å². The lowest BCUT2D eigenvalue weighted by Gasteiger charge is -2.15. The molecule has 8 aromatic rings. The summed E-state index contributed by atoms with van der Waals surface area (Å²) in [6.07, 6.45) is 1.89. The van der Waals surface area contributed by atoms with E-state index in [1.54, 1.807) is 0 Å². The van der Waals surface area contributed by atoms with Crippen LogP contribution >= 0.6 is 0 Å². The normalized spacial score (nSPS) is 11.3. The first-order valence-electron chi connectivity index (χ1n) is 14.1. The number of nitrogens with zero attached hydrogens (tertiary/aromatic N) is 3. The minimum Gasteiger partial charge on any atom is -0.256 e. The summed E-state index contributed by atoms with van der Waals surface area (Å²) in [5, 5.41) is 4.48. The average molecular weight is 536 g/mol. The summed E-state index contributed by atoms with van der Waals surface area (Å²) in [5.41, 5.74) is 9.65. The summed E-state index contributed by atoms with van der Waals surface area (Å²) < 4.78 is 0. The van der Waals surface area contributed by atoms with Gasteiger partial charge in [0.25, 0.3) is 0 Å². The van der Waals surface area contributed by atoms with Gasteiger partial charge in [0.05, 0.1) is 16.7 Å². The number of pyridine rings is 1. The fourth-order valence-electron chi connectivity index (χ4n) is 5.91. The van der Waals surface area contributed by atoms with E-state index in [1.165, 1.54) is 16.5 Å². The van der Waals surface area contributed by atoms with Crippen LogP contribution in [0.5, 0.6) is 0 Å². The second-order valence-electron chi connectivity index (χ2n) is 10.4. The molecule has 0 saturated heterocycles. The number of hydrogen-bond donors (Lipinski definition) is 0. The number of fused-ring (bicyclic) bond motifs is 4. The van der Waals surface area contributed by atoms with Crippen molar-refractivity contribution in [2.24, 2.45) is 0 Å². The molecule has 0 aliphatic carbocycles. The third-order valence-electron chi connectivity index (χ3n) is 7.94. The molecule has 0 aliphatic heterocycles. The lowest BCUT2D eigenvalue weighted by atomic mass is 9.92. The van der Waals surface area contributed by atoms with E-state index in [-0.39, 0.29) is 0 Å². The summed E-state index contributed by atoms with van der Waals surface area (Å²) in [4.78, 5) is 14.9. The zero-order chi connectivity index (χ0) is 27.9. The van der Waals surface area contributed by atoms with Crippen molar-refractivity contribution in [3.8, 4) is 44.9 Å². The van der Waals surface area contributed by atoms with Gasteiger partial charge >= 0.3 is 0 Å². The van der Waals surface area contributed by atoms with Crippen LogP contribution in [0.15, 0.2) is 152 Å². The van der Waals surface area contributed by atoms with Crippen molar-refractivity contribution < 1.29 is 0 Å². The molecule has 0 N–H and O–H groups in total. The SMILES string of the molecule is c1ccc(-c2nc(-c3ccccc3)c3cc(-c4ccc(-c5ccnc6ccccc56)cc4)c4ccccc4c3n2)cc1. The van der Waals surface area contributed by atoms with Gasteiger partial charge in [-0.15, -0.1) is 0 Å². The van der Waals surface area contributed by atoms with Gasteiger partial charge in [-0.3, -0.25) is 4.98 Å². The van der Waals surface area contributed by atoms with Crippen LogP contribution in [0.4, 0.5) is 0 Å². The minimum absolute atomic E-state index is 0.730. The zero-order valence-electron chi connectivity index (χ0n) is 22.8. The van der Waals surface area contributed by atoms with Crippen LogP contribution < -0.4 is 0 Å². The Morgan fingerprint density at radius 3 is 1.71 bits per heavy atom. The zero-order valence-corrected chi connectivity index (χ0v) is 22.8. The Kier molecular flexibility index (Phi) is 5.79. The van der Waals surface area contributed by atoms with E-state index in [0.29, 0.717) is 0 Å². The topological polar surface area (TPSA) is 38.7 Å². The molecule has 42 heavy (non-hydrogen) atoms. The minimum atomic E-state index is 0.730. The Labute approximate surface area is 243 Å². The monoisotopic (exact) mass is 535 g/mol. The lowest BCUT2D eigenvalue weighted by molar-refractivity contribution is 1.23. The quantitative estimate of drug-likeness (QED) is 0.211. The van der Waals surface area contributed by atoms with Crippen LogP contribution in [0.25, 0.3) is 77.5 Å². The van der Waals surface area contributed by atoms with Gasteiger partial charge < -0.3 is 0 Å². The van der Waals surface area contributed by atoms with Crippen LogP contribution in [0, 0.1) is 0 Å². The number of hydrogen-bond acceptors (Lipinski definition) is 3. The molecular weight excluding hydrogens is 510 g/mol. The largest absolute Gasteiger partial charge is 0.256 e. The second kappa shape index (κ2) is 10.1. The summed E-state index contributed by atoms with van der Waals surface area (Å²) in [6, 6.07) is 50.7. The first-order valence-corrected chi connectivity index (χ1v) is 14.1. The predicted octanol–water partition coefficient (Wildman–Crippen LogP) is 10.00. The highest BCUT2D eigenvalue weighted by Crippen LogP contribution is 2.39. The average Bonchev–Trinajstić information content (AvgIpc) is 3.08. The molecule has 0 aliphatic rings. The van der Waals surface area contributed by atoms with Gasteiger partial charge in [0.1, 0.15) is 0 Å². The van der Waals surface area contributed by atoms with Crippen LogP contribution in [0.1, 0.15) is 0 Å². The maximum atomic E-state index is 5.16. The van der Waals surface area contributed by atoms with E-state index < -0.39 is 0 Å². The van der Waals surface area contributed by atoms with Gasteiger partial charge in [-0.1, -0.05) is 127 Å². The van der Waals surface area contributed by atoms with E-state index in [9.17, 15) is 0 Å². The highest BCUT2D eigenvalue weighted by molar-refractivity contribution is 6.15. The molecule has 0 unspecified atom stereocenters. The van der Waals surface area contributed by atoms with E-state index in [0.717, 1.165) is 61.0 Å². The van der Waals surface area contributed by atoms with Gasteiger partial charge in [-0.2, -0.15) is 0 Å². The smallest absolute Gasteiger partial charge is 0.160 e. The Hall–Kier alpha value is -5.67. The first kappa shape index (κ1) is 24.2. The van der Waals surface area contributed by atoms with Gasteiger partial charge in [0.2, 0.25) is 0 Å². The van der Waals surface area contributed by atoms with E-state index in [4.69, 9.17) is 9.97 Å². The molecule has 3 nitrogen and oxygen atoms in total. The number of benzene rings is 6. The molecule has 0 atom stereocenters. The summed E-state index contributed by atoms with van der Waals surface area (Å²) >= 11 is 0. The maximum Gasteiger partial charge on any atom is 0.160 e. The molecule has 0 spiro atoms. The molecule has 0 amide bonds. The second-order valence-corrected chi connectivity index (χ2v) is 10.4. The molecule has 0 radical (unpaired) electrons. The number of aromatic nitrogens is 3. The molecule has 0 bridgehead atoms. The van der Waals surface area contributed by atoms with Crippen molar-refractivity contribution >= 4 is 32.6 Å². The van der Waals surface area contributed by atoms with Crippen molar-refractivity contribution in [2.75, 3.05) is 0 Å². The molecule has 2 heterocycles. The fourth-order valence-corrected chi connectivity index (χ4v) is 5.91. The van der Waals surface area contributed by atoms with E-state index in [2.05, 4.69) is 120 Å². The lowest BCUT2D eigenvalue weighted by Crippen LogP contribution is -1.97. The summed E-state index contributed by atoms with van der Waals surface area (Å²) in [7, 11) is 0. The summed E-state index contributed by atoms with van der Waals surface area (Å²) in [6.45, 7) is 0. The van der Waals surface area contributed by atoms with Crippen molar-refractivity contribution in [3.63, 3.8) is 0 Å². The highest BCUT2D eigenvalue weighted by atomic mass is 14.9. The Balaban J connectivity index is 1.36. The van der Waals surface area contributed by atoms with E-state index >= 15 is 0 Å². The van der Waals surface area contributed by atoms with Gasteiger partial charge in [-0.25, -0.2) is 9.97 Å². The number of para-hydroxylation sites is 1. The molecule has 2 aromatic heterocycles. The predicted molar refractivity (Wildman–Crippen MR) is 174 cm³/mol. The molecule has 196 valence electrons. The first-order chi connectivity index (χ1) is 20.8. The summed E-state index contributed by atoms with van der Waals surface area (Å²) in [5.74, 6) is 0.730. The van der Waals surface area contributed by atoms with E-state index in [1.807, 2.05) is 36.5 Å². The van der Waals surface area contributed by atoms with Crippen LogP contribution in [0.2, 0.25) is 0 Å². The van der Waals surface area contributed by atoms with Crippen molar-refractivity contribution in [2.45, 2.75) is 0 Å². The standard InChI is InChI=1S/C39H25N3/c1-3-11-28(12-4-1)37-35-25-34(27-21-19-26(20-22-27)30-23-24-40-36-18-10-9-16-32(30)36)31-15-7-8-17-33(31)38(35)42-39(41-37)29-13-5-2-6-14-29/h1-25H. The third-order valence-corrected chi connectivity index (χ3v) is 7.94. The Bertz CT molecular complexity index is 2220. The molecule has 8 rings (SSSR count). The fraction of sp³-hybridized carbons (Fsp3) is 0. The highest BCUT2D eigenvalue weighted by Gasteiger charge is 2.17. The van der Waals surface area contributed by atoms with Gasteiger partial charge in [0.15, 0.2) is 5.82 Å². The van der Waals surface area contributed by atoms with Crippen LogP contribution in [-0.2, 0) is 0 Å². The van der Waals surface area contributed by atoms with Crippen LogP contribution in [-0.4, -0.2) is 15.0 Å². The molecular formula is C39H25N3. The Morgan fingerprint density at radius 2 is 0.976 bits per heavy atom. The molecule has 0 fully saturated rings. The maximum absolute atomic E-state index is 5.16. The molecule has 6 aromatic carbocycles. The van der Waals surface area contributed by atoms with Crippen molar-refractivity contribution in [3.05, 3.63) is 152 Å². The van der Waals surface area contributed by atoms with Gasteiger partial charge in [0, 0.05) is 33.5 Å². The molecule has 3 heteroatoms.